The van der Waals surface area contributed by atoms with Gasteiger partial charge in [0.15, 0.2) is 0 Å². The average molecular weight is 352 g/mol. The molecule has 1 amide bonds. The summed E-state index contributed by atoms with van der Waals surface area (Å²) < 4.78 is 3.93. The lowest BCUT2D eigenvalue weighted by atomic mass is 9.99. The summed E-state index contributed by atoms with van der Waals surface area (Å²) >= 11 is 0. The van der Waals surface area contributed by atoms with Crippen LogP contribution in [0.3, 0.4) is 0 Å². The molecule has 7 heteroatoms. The predicted octanol–water partition coefficient (Wildman–Crippen LogP) is 2.70. The van der Waals surface area contributed by atoms with Gasteiger partial charge >= 0.3 is 0 Å². The monoisotopic (exact) mass is 352 g/mol. The molecule has 0 unspecified atom stereocenters. The van der Waals surface area contributed by atoms with Crippen LogP contribution in [0, 0.1) is 0 Å². The summed E-state index contributed by atoms with van der Waals surface area (Å²) in [5.41, 5.74) is 2.35. The van der Waals surface area contributed by atoms with Gasteiger partial charge in [0.2, 0.25) is 0 Å². The first-order valence-electron chi connectivity index (χ1n) is 9.18. The van der Waals surface area contributed by atoms with Gasteiger partial charge in [-0.05, 0) is 49.9 Å². The minimum atomic E-state index is 0.0446. The number of aromatic nitrogens is 5. The van der Waals surface area contributed by atoms with Crippen LogP contribution >= 0.6 is 0 Å². The van der Waals surface area contributed by atoms with Crippen LogP contribution in [0.15, 0.2) is 42.9 Å². The molecule has 136 valence electrons. The molecule has 1 aliphatic rings. The fourth-order valence-corrected chi connectivity index (χ4v) is 3.73. The second-order valence-electron chi connectivity index (χ2n) is 6.88. The van der Waals surface area contributed by atoms with Crippen LogP contribution < -0.4 is 0 Å². The van der Waals surface area contributed by atoms with E-state index in [1.165, 1.54) is 6.42 Å². The zero-order valence-electron chi connectivity index (χ0n) is 15.0. The maximum absolute atomic E-state index is 13.1. The van der Waals surface area contributed by atoms with E-state index in [0.29, 0.717) is 5.69 Å². The predicted molar refractivity (Wildman–Crippen MR) is 98.5 cm³/mol. The van der Waals surface area contributed by atoms with Gasteiger partial charge in [-0.15, -0.1) is 0 Å². The molecule has 0 aromatic carbocycles. The summed E-state index contributed by atoms with van der Waals surface area (Å²) in [7, 11) is 1.97. The standard InChI is InChI=1S/C19H24N6O/c1-23-10-4-7-18(23)16-14-17(22-21-16)19(26)25-12-3-2-6-15(25)8-13-24-11-5-9-20-24/h4-5,7,9-11,14-15H,2-3,6,8,12-13H2,1H3,(H,21,22)/t15-/m1/s1. The molecule has 0 saturated carbocycles. The number of aryl methyl sites for hydroxylation is 2. The Morgan fingerprint density at radius 3 is 3.00 bits per heavy atom. The van der Waals surface area contributed by atoms with Crippen molar-refractivity contribution >= 4 is 5.91 Å². The van der Waals surface area contributed by atoms with E-state index in [-0.39, 0.29) is 11.9 Å². The van der Waals surface area contributed by atoms with Crippen molar-refractivity contribution in [3.05, 3.63) is 48.5 Å². The van der Waals surface area contributed by atoms with Crippen molar-refractivity contribution in [3.63, 3.8) is 0 Å². The Morgan fingerprint density at radius 2 is 2.23 bits per heavy atom. The molecule has 0 radical (unpaired) electrons. The lowest BCUT2D eigenvalue weighted by molar-refractivity contribution is 0.0588. The number of rotatable bonds is 5. The summed E-state index contributed by atoms with van der Waals surface area (Å²) in [6.07, 6.45) is 9.93. The number of hydrogen-bond donors (Lipinski definition) is 1. The highest BCUT2D eigenvalue weighted by molar-refractivity contribution is 5.93. The number of nitrogens with one attached hydrogen (secondary N) is 1. The van der Waals surface area contributed by atoms with Crippen molar-refractivity contribution in [2.24, 2.45) is 7.05 Å². The Bertz CT molecular complexity index is 862. The van der Waals surface area contributed by atoms with Crippen LogP contribution in [0.25, 0.3) is 11.4 Å². The molecule has 1 atom stereocenters. The Kier molecular flexibility index (Phi) is 4.60. The molecule has 4 rings (SSSR count). The molecule has 4 heterocycles. The van der Waals surface area contributed by atoms with E-state index < -0.39 is 0 Å². The molecule has 7 nitrogen and oxygen atoms in total. The minimum absolute atomic E-state index is 0.0446. The smallest absolute Gasteiger partial charge is 0.272 e. The van der Waals surface area contributed by atoms with E-state index in [1.807, 2.05) is 57.9 Å². The number of hydrogen-bond acceptors (Lipinski definition) is 3. The van der Waals surface area contributed by atoms with Crippen LogP contribution in [0.5, 0.6) is 0 Å². The normalized spacial score (nSPS) is 17.6. The molecule has 26 heavy (non-hydrogen) atoms. The molecular weight excluding hydrogens is 328 g/mol. The Balaban J connectivity index is 1.48. The number of likely N-dealkylation sites (tertiary alicyclic amines) is 1. The number of carbonyl (C=O) groups excluding carboxylic acids is 1. The molecule has 1 aliphatic heterocycles. The molecule has 0 aliphatic carbocycles. The zero-order chi connectivity index (χ0) is 17.9. The first-order valence-corrected chi connectivity index (χ1v) is 9.18. The summed E-state index contributed by atoms with van der Waals surface area (Å²) in [6.45, 7) is 1.64. The van der Waals surface area contributed by atoms with E-state index in [4.69, 9.17) is 0 Å². The maximum atomic E-state index is 13.1. The zero-order valence-corrected chi connectivity index (χ0v) is 15.0. The first kappa shape index (κ1) is 16.6. The lowest BCUT2D eigenvalue weighted by Gasteiger charge is -2.35. The van der Waals surface area contributed by atoms with Crippen LogP contribution in [-0.2, 0) is 13.6 Å². The highest BCUT2D eigenvalue weighted by Gasteiger charge is 2.28. The highest BCUT2D eigenvalue weighted by Crippen LogP contribution is 2.24. The van der Waals surface area contributed by atoms with E-state index in [0.717, 1.165) is 43.7 Å². The van der Waals surface area contributed by atoms with Gasteiger partial charge in [-0.1, -0.05) is 0 Å². The van der Waals surface area contributed by atoms with Gasteiger partial charge in [0, 0.05) is 44.8 Å². The summed E-state index contributed by atoms with van der Waals surface area (Å²) in [4.78, 5) is 15.1. The van der Waals surface area contributed by atoms with Gasteiger partial charge in [0.05, 0.1) is 5.69 Å². The number of carbonyl (C=O) groups is 1. The quantitative estimate of drug-likeness (QED) is 0.767. The third-order valence-electron chi connectivity index (χ3n) is 5.15. The van der Waals surface area contributed by atoms with Crippen LogP contribution in [0.2, 0.25) is 0 Å². The number of H-pyrrole nitrogens is 1. The SMILES string of the molecule is Cn1cccc1-c1cc(C(=O)N2CCCC[C@@H]2CCn2cccn2)[nH]n1. The van der Waals surface area contributed by atoms with Crippen LogP contribution in [0.4, 0.5) is 0 Å². The second-order valence-corrected chi connectivity index (χ2v) is 6.88. The Hall–Kier alpha value is -2.83. The molecule has 0 bridgehead atoms. The second kappa shape index (κ2) is 7.19. The van der Waals surface area contributed by atoms with Crippen molar-refractivity contribution in [1.82, 2.24) is 29.4 Å². The summed E-state index contributed by atoms with van der Waals surface area (Å²) in [6, 6.07) is 8.01. The van der Waals surface area contributed by atoms with Crippen molar-refractivity contribution in [3.8, 4) is 11.4 Å². The topological polar surface area (TPSA) is 71.7 Å². The molecule has 1 saturated heterocycles. The van der Waals surface area contributed by atoms with Gasteiger partial charge in [-0.2, -0.15) is 10.2 Å². The Morgan fingerprint density at radius 1 is 1.31 bits per heavy atom. The minimum Gasteiger partial charge on any atom is -0.349 e. The largest absolute Gasteiger partial charge is 0.349 e. The van der Waals surface area contributed by atoms with E-state index in [2.05, 4.69) is 15.3 Å². The third-order valence-corrected chi connectivity index (χ3v) is 5.15. The molecule has 0 spiro atoms. The summed E-state index contributed by atoms with van der Waals surface area (Å²) in [5.74, 6) is 0.0446. The molecule has 1 fully saturated rings. The summed E-state index contributed by atoms with van der Waals surface area (Å²) in [5, 5.41) is 11.5. The van der Waals surface area contributed by atoms with Gasteiger partial charge < -0.3 is 9.47 Å². The van der Waals surface area contributed by atoms with Crippen LogP contribution in [-0.4, -0.2) is 47.9 Å². The highest BCUT2D eigenvalue weighted by atomic mass is 16.2. The van der Waals surface area contributed by atoms with E-state index in [9.17, 15) is 4.79 Å². The lowest BCUT2D eigenvalue weighted by Crippen LogP contribution is -2.44. The van der Waals surface area contributed by atoms with Gasteiger partial charge in [0.25, 0.3) is 5.91 Å². The van der Waals surface area contributed by atoms with Gasteiger partial charge in [-0.3, -0.25) is 14.6 Å². The number of nitrogens with zero attached hydrogens (tertiary/aromatic N) is 5. The first-order chi connectivity index (χ1) is 12.7. The third kappa shape index (κ3) is 3.29. The molecular formula is C19H24N6O. The fraction of sp³-hybridized carbons (Fsp3) is 0.421. The average Bonchev–Trinajstić information content (AvgIpc) is 3.41. The maximum Gasteiger partial charge on any atom is 0.272 e. The van der Waals surface area contributed by atoms with Crippen molar-refractivity contribution in [2.45, 2.75) is 38.3 Å². The number of amides is 1. The Labute approximate surface area is 152 Å². The van der Waals surface area contributed by atoms with Crippen molar-refractivity contribution < 1.29 is 4.79 Å². The van der Waals surface area contributed by atoms with Crippen molar-refractivity contribution in [2.75, 3.05) is 6.54 Å². The van der Waals surface area contributed by atoms with E-state index in [1.54, 1.807) is 6.20 Å². The van der Waals surface area contributed by atoms with Crippen molar-refractivity contribution in [1.29, 1.82) is 0 Å². The molecule has 3 aromatic heterocycles. The molecule has 3 aromatic rings. The number of aromatic amines is 1. The van der Waals surface area contributed by atoms with E-state index >= 15 is 0 Å². The fourth-order valence-electron chi connectivity index (χ4n) is 3.73. The number of piperidine rings is 1. The van der Waals surface area contributed by atoms with Gasteiger partial charge in [0.1, 0.15) is 11.4 Å². The van der Waals surface area contributed by atoms with Crippen LogP contribution in [0.1, 0.15) is 36.2 Å². The molecule has 1 N–H and O–H groups in total. The van der Waals surface area contributed by atoms with Gasteiger partial charge in [-0.25, -0.2) is 0 Å².